The summed E-state index contributed by atoms with van der Waals surface area (Å²) < 4.78 is 59.7. The summed E-state index contributed by atoms with van der Waals surface area (Å²) >= 11 is 6.35. The summed E-state index contributed by atoms with van der Waals surface area (Å²) in [6.45, 7) is 1.84. The first kappa shape index (κ1) is 36.0. The van der Waals surface area contributed by atoms with Crippen molar-refractivity contribution < 1.29 is 36.3 Å². The second kappa shape index (κ2) is 16.3. The Hall–Kier alpha value is -4.87. The summed E-state index contributed by atoms with van der Waals surface area (Å²) in [6, 6.07) is 19.6. The highest BCUT2D eigenvalue weighted by Gasteiger charge is 2.26. The van der Waals surface area contributed by atoms with Gasteiger partial charge in [0.25, 0.3) is 5.91 Å². The summed E-state index contributed by atoms with van der Waals surface area (Å²) in [5.74, 6) is -3.81. The van der Waals surface area contributed by atoms with Crippen LogP contribution in [0.1, 0.15) is 46.0 Å². The van der Waals surface area contributed by atoms with Crippen LogP contribution in [0.5, 0.6) is 0 Å². The lowest BCUT2D eigenvalue weighted by atomic mass is 10.0. The van der Waals surface area contributed by atoms with E-state index in [9.17, 15) is 31.6 Å². The van der Waals surface area contributed by atoms with Crippen molar-refractivity contribution in [1.29, 1.82) is 0 Å². The first-order chi connectivity index (χ1) is 22.9. The second-order valence-corrected chi connectivity index (χ2v) is 13.0. The number of ether oxygens (including phenoxy) is 1. The van der Waals surface area contributed by atoms with Crippen molar-refractivity contribution in [2.45, 2.75) is 43.2 Å². The number of hydrogen-bond donors (Lipinski definition) is 2. The molecule has 0 aromatic heterocycles. The number of halogens is 3. The van der Waals surface area contributed by atoms with E-state index in [1.54, 1.807) is 42.5 Å². The molecule has 0 unspecified atom stereocenters. The maximum atomic E-state index is 14.7. The standard InChI is InChI=1S/C36H33ClF2N2O6S/c1-3-8-26(19-20-48(45,46)27-9-5-4-6-10-27)40-35(43)33(22-29-31(38)11-7-12-32(29)39)41-34(42)24-15-13-23(14-16-24)28-21-25(36(44)47-2)17-18-30(28)37/h4-7,9-21,26,33H,3,8,22H2,1-2H3,(H,40,43)(H,41,42)/b20-19+/t26-,33-/m0/s1. The largest absolute Gasteiger partial charge is 0.465 e. The molecule has 0 saturated carbocycles. The Morgan fingerprint density at radius 2 is 1.52 bits per heavy atom. The molecule has 0 spiro atoms. The summed E-state index contributed by atoms with van der Waals surface area (Å²) in [5.41, 5.74) is 1.11. The molecule has 0 fully saturated rings. The number of nitrogens with one attached hydrogen (secondary N) is 2. The molecule has 48 heavy (non-hydrogen) atoms. The highest BCUT2D eigenvalue weighted by atomic mass is 35.5. The zero-order valence-electron chi connectivity index (χ0n) is 26.1. The van der Waals surface area contributed by atoms with Crippen LogP contribution in [0.25, 0.3) is 11.1 Å². The molecule has 250 valence electrons. The van der Waals surface area contributed by atoms with Gasteiger partial charge in [-0.15, -0.1) is 0 Å². The fourth-order valence-corrected chi connectivity index (χ4v) is 6.19. The van der Waals surface area contributed by atoms with Gasteiger partial charge in [0.1, 0.15) is 17.7 Å². The van der Waals surface area contributed by atoms with E-state index in [1.807, 2.05) is 6.92 Å². The third kappa shape index (κ3) is 9.14. The lowest BCUT2D eigenvalue weighted by molar-refractivity contribution is -0.123. The van der Waals surface area contributed by atoms with Gasteiger partial charge >= 0.3 is 5.97 Å². The Balaban J connectivity index is 1.58. The van der Waals surface area contributed by atoms with Crippen LogP contribution in [0, 0.1) is 11.6 Å². The summed E-state index contributed by atoms with van der Waals surface area (Å²) in [4.78, 5) is 39.1. The molecule has 4 aromatic rings. The molecule has 0 heterocycles. The van der Waals surface area contributed by atoms with Gasteiger partial charge in [0.05, 0.1) is 17.6 Å². The van der Waals surface area contributed by atoms with Gasteiger partial charge in [-0.3, -0.25) is 9.59 Å². The van der Waals surface area contributed by atoms with Gasteiger partial charge in [-0.1, -0.05) is 67.4 Å². The first-order valence-electron chi connectivity index (χ1n) is 14.9. The Morgan fingerprint density at radius 1 is 0.875 bits per heavy atom. The van der Waals surface area contributed by atoms with Gasteiger partial charge in [-0.2, -0.15) is 0 Å². The zero-order valence-corrected chi connectivity index (χ0v) is 27.7. The van der Waals surface area contributed by atoms with E-state index in [0.717, 1.165) is 17.5 Å². The molecule has 2 atom stereocenters. The predicted molar refractivity (Wildman–Crippen MR) is 179 cm³/mol. The molecule has 0 aliphatic carbocycles. The third-order valence-corrected chi connectivity index (χ3v) is 9.20. The van der Waals surface area contributed by atoms with Gasteiger partial charge in [-0.05, 0) is 66.6 Å². The Kier molecular flexibility index (Phi) is 12.2. The van der Waals surface area contributed by atoms with E-state index in [-0.39, 0.29) is 16.0 Å². The average Bonchev–Trinajstić information content (AvgIpc) is 3.08. The van der Waals surface area contributed by atoms with Crippen LogP contribution in [0.3, 0.4) is 0 Å². The second-order valence-electron chi connectivity index (χ2n) is 10.8. The van der Waals surface area contributed by atoms with Crippen molar-refractivity contribution in [2.24, 2.45) is 0 Å². The Morgan fingerprint density at radius 3 is 2.15 bits per heavy atom. The van der Waals surface area contributed by atoms with Gasteiger partial charge in [0, 0.05) is 39.6 Å². The molecule has 4 rings (SSSR count). The van der Waals surface area contributed by atoms with E-state index in [2.05, 4.69) is 10.6 Å². The number of benzene rings is 4. The van der Waals surface area contributed by atoms with Crippen molar-refractivity contribution in [1.82, 2.24) is 10.6 Å². The van der Waals surface area contributed by atoms with Crippen LogP contribution in [0.4, 0.5) is 8.78 Å². The summed E-state index contributed by atoms with van der Waals surface area (Å²) in [6.07, 6.45) is 1.74. The van der Waals surface area contributed by atoms with Crippen molar-refractivity contribution in [3.63, 3.8) is 0 Å². The van der Waals surface area contributed by atoms with E-state index in [4.69, 9.17) is 16.3 Å². The molecule has 4 aromatic carbocycles. The van der Waals surface area contributed by atoms with Crippen LogP contribution >= 0.6 is 11.6 Å². The summed E-state index contributed by atoms with van der Waals surface area (Å²) in [7, 11) is -2.55. The molecule has 2 amide bonds. The molecule has 8 nitrogen and oxygen atoms in total. The minimum Gasteiger partial charge on any atom is -0.465 e. The fourth-order valence-electron chi connectivity index (χ4n) is 4.87. The van der Waals surface area contributed by atoms with Gasteiger partial charge in [-0.25, -0.2) is 22.0 Å². The van der Waals surface area contributed by atoms with E-state index in [1.165, 1.54) is 49.6 Å². The number of amides is 2. The maximum absolute atomic E-state index is 14.7. The SMILES string of the molecule is CCC[C@@H](/C=C/S(=O)(=O)c1ccccc1)NC(=O)[C@H](Cc1c(F)cccc1F)NC(=O)c1ccc(-c2cc(C(=O)OC)ccc2Cl)cc1. The fraction of sp³-hybridized carbons (Fsp3) is 0.194. The van der Waals surface area contributed by atoms with Crippen molar-refractivity contribution in [2.75, 3.05) is 7.11 Å². The molecule has 0 aliphatic rings. The smallest absolute Gasteiger partial charge is 0.337 e. The highest BCUT2D eigenvalue weighted by molar-refractivity contribution is 7.94. The lowest BCUT2D eigenvalue weighted by Gasteiger charge is -2.22. The molecule has 12 heteroatoms. The first-order valence-corrected chi connectivity index (χ1v) is 16.9. The average molecular weight is 695 g/mol. The van der Waals surface area contributed by atoms with Gasteiger partial charge in [0.15, 0.2) is 9.84 Å². The molecule has 2 N–H and O–H groups in total. The molecular formula is C36H33ClF2N2O6S. The topological polar surface area (TPSA) is 119 Å². The molecule has 0 saturated heterocycles. The minimum atomic E-state index is -3.81. The van der Waals surface area contributed by atoms with Gasteiger partial charge < -0.3 is 15.4 Å². The number of esters is 1. The van der Waals surface area contributed by atoms with E-state index < -0.39 is 63.3 Å². The van der Waals surface area contributed by atoms with Crippen LogP contribution in [-0.2, 0) is 25.8 Å². The van der Waals surface area contributed by atoms with E-state index >= 15 is 0 Å². The van der Waals surface area contributed by atoms with Gasteiger partial charge in [0.2, 0.25) is 5.91 Å². The summed E-state index contributed by atoms with van der Waals surface area (Å²) in [5, 5.41) is 6.64. The van der Waals surface area contributed by atoms with Crippen LogP contribution in [0.2, 0.25) is 5.02 Å². The lowest BCUT2D eigenvalue weighted by Crippen LogP contribution is -2.50. The monoisotopic (exact) mass is 694 g/mol. The molecule has 0 radical (unpaired) electrons. The molecular weight excluding hydrogens is 662 g/mol. The number of hydrogen-bond acceptors (Lipinski definition) is 6. The number of carbonyl (C=O) groups excluding carboxylic acids is 3. The molecule has 0 bridgehead atoms. The molecule has 0 aliphatic heterocycles. The number of sulfone groups is 1. The van der Waals surface area contributed by atoms with Crippen LogP contribution < -0.4 is 10.6 Å². The predicted octanol–water partition coefficient (Wildman–Crippen LogP) is 6.69. The van der Waals surface area contributed by atoms with Crippen molar-refractivity contribution in [3.05, 3.63) is 136 Å². The normalized spacial score (nSPS) is 12.7. The zero-order chi connectivity index (χ0) is 34.8. The van der Waals surface area contributed by atoms with Crippen LogP contribution in [0.15, 0.2) is 107 Å². The quantitative estimate of drug-likeness (QED) is 0.151. The van der Waals surface area contributed by atoms with E-state index in [0.29, 0.717) is 29.0 Å². The number of carbonyl (C=O) groups is 3. The minimum absolute atomic E-state index is 0.0763. The third-order valence-electron chi connectivity index (χ3n) is 7.43. The van der Waals surface area contributed by atoms with Crippen molar-refractivity contribution in [3.8, 4) is 11.1 Å². The number of rotatable bonds is 13. The Bertz CT molecular complexity index is 1900. The number of methoxy groups -OCH3 is 1. The maximum Gasteiger partial charge on any atom is 0.337 e. The van der Waals surface area contributed by atoms with Crippen molar-refractivity contribution >= 4 is 39.2 Å². The highest BCUT2D eigenvalue weighted by Crippen LogP contribution is 2.29. The Labute approximate surface area is 282 Å². The van der Waals surface area contributed by atoms with Crippen LogP contribution in [-0.4, -0.2) is 45.4 Å².